The number of aromatic amines is 1. The van der Waals surface area contributed by atoms with Crippen molar-refractivity contribution >= 4 is 5.97 Å². The van der Waals surface area contributed by atoms with Gasteiger partial charge in [-0.2, -0.15) is 0 Å². The quantitative estimate of drug-likeness (QED) is 0.670. The van der Waals surface area contributed by atoms with Gasteiger partial charge in [0.15, 0.2) is 0 Å². The average molecular weight is 208 g/mol. The summed E-state index contributed by atoms with van der Waals surface area (Å²) in [5.41, 5.74) is 0.225. The summed E-state index contributed by atoms with van der Waals surface area (Å²) in [6, 6.07) is 5.56. The van der Waals surface area contributed by atoms with Crippen LogP contribution in [0.5, 0.6) is 11.8 Å². The average Bonchev–Trinajstić information content (AvgIpc) is 2.82. The molecule has 0 radical (unpaired) electrons. The molecule has 3 N–H and O–H groups in total. The Labute approximate surface area is 84.3 Å². The van der Waals surface area contributed by atoms with Crippen molar-refractivity contribution < 1.29 is 19.8 Å². The molecule has 2 aromatic rings. The Morgan fingerprint density at radius 3 is 2.47 bits per heavy atom. The van der Waals surface area contributed by atoms with Gasteiger partial charge in [-0.3, -0.25) is 0 Å². The first kappa shape index (κ1) is 9.20. The molecule has 0 aliphatic carbocycles. The van der Waals surface area contributed by atoms with E-state index >= 15 is 0 Å². The number of aromatic nitrogens is 2. The van der Waals surface area contributed by atoms with Crippen molar-refractivity contribution in [2.45, 2.75) is 0 Å². The summed E-state index contributed by atoms with van der Waals surface area (Å²) < 4.78 is 0.628. The van der Waals surface area contributed by atoms with Crippen LogP contribution < -0.4 is 4.84 Å². The van der Waals surface area contributed by atoms with Gasteiger partial charge in [-0.15, -0.1) is 4.73 Å². The molecule has 15 heavy (non-hydrogen) atoms. The smallest absolute Gasteiger partial charge is 0.379 e. The first-order valence-electron chi connectivity index (χ1n) is 4.14. The van der Waals surface area contributed by atoms with Crippen molar-refractivity contribution in [3.63, 3.8) is 0 Å². The molecule has 0 spiro atoms. The third-order valence-corrected chi connectivity index (χ3v) is 1.79. The Bertz CT molecular complexity index is 453. The summed E-state index contributed by atoms with van der Waals surface area (Å²) in [5.74, 6) is -1.42. The first-order valence-corrected chi connectivity index (χ1v) is 4.14. The lowest BCUT2D eigenvalue weighted by Gasteiger charge is -2.05. The number of carbonyl (C=O) groups excluding carboxylic acids is 1. The van der Waals surface area contributed by atoms with Gasteiger partial charge in [0, 0.05) is 18.3 Å². The molecule has 6 nitrogen and oxygen atoms in total. The largest absolute Gasteiger partial charge is 0.492 e. The fourth-order valence-electron chi connectivity index (χ4n) is 1.08. The molecule has 0 unspecified atom stereocenters. The molecular formula is C9H8N2O4. The van der Waals surface area contributed by atoms with E-state index in [0.29, 0.717) is 4.73 Å². The number of hydrogen-bond acceptors (Lipinski definition) is 4. The van der Waals surface area contributed by atoms with E-state index in [0.717, 1.165) is 0 Å². The van der Waals surface area contributed by atoms with Gasteiger partial charge in [0.25, 0.3) is 0 Å². The minimum Gasteiger partial charge on any atom is -0.492 e. The van der Waals surface area contributed by atoms with Crippen LogP contribution in [-0.4, -0.2) is 25.9 Å². The molecule has 0 bridgehead atoms. The van der Waals surface area contributed by atoms with Crippen molar-refractivity contribution in [2.75, 3.05) is 0 Å². The highest BCUT2D eigenvalue weighted by atomic mass is 16.7. The lowest BCUT2D eigenvalue weighted by Crippen LogP contribution is -2.19. The third-order valence-electron chi connectivity index (χ3n) is 1.79. The summed E-state index contributed by atoms with van der Waals surface area (Å²) in [4.78, 5) is 18.7. The summed E-state index contributed by atoms with van der Waals surface area (Å²) >= 11 is 0. The summed E-state index contributed by atoms with van der Waals surface area (Å²) in [6.07, 6.45) is 1.56. The van der Waals surface area contributed by atoms with Crippen molar-refractivity contribution in [1.29, 1.82) is 0 Å². The highest BCUT2D eigenvalue weighted by Gasteiger charge is 2.14. The van der Waals surface area contributed by atoms with Gasteiger partial charge >= 0.3 is 5.97 Å². The Hall–Kier alpha value is -2.37. The van der Waals surface area contributed by atoms with E-state index in [1.807, 2.05) is 0 Å². The van der Waals surface area contributed by atoms with Gasteiger partial charge in [-0.1, -0.05) is 0 Å². The Morgan fingerprint density at radius 1 is 1.27 bits per heavy atom. The SMILES string of the molecule is O=C(On1c(O)ccc1O)c1ccc[nH]1. The molecule has 0 atom stereocenters. The van der Waals surface area contributed by atoms with Crippen molar-refractivity contribution in [3.8, 4) is 11.8 Å². The van der Waals surface area contributed by atoms with E-state index in [4.69, 9.17) is 4.84 Å². The molecule has 0 aromatic carbocycles. The number of nitrogens with one attached hydrogen (secondary N) is 1. The Morgan fingerprint density at radius 2 is 1.93 bits per heavy atom. The second kappa shape index (κ2) is 3.41. The number of nitrogens with zero attached hydrogens (tertiary/aromatic N) is 1. The molecule has 0 amide bonds. The summed E-state index contributed by atoms with van der Waals surface area (Å²) in [5, 5.41) is 18.4. The van der Waals surface area contributed by atoms with E-state index in [1.54, 1.807) is 12.3 Å². The number of aromatic hydroxyl groups is 2. The molecule has 0 saturated carbocycles. The van der Waals surface area contributed by atoms with E-state index in [2.05, 4.69) is 4.98 Å². The fraction of sp³-hybridized carbons (Fsp3) is 0. The zero-order valence-corrected chi connectivity index (χ0v) is 7.54. The first-order chi connectivity index (χ1) is 7.18. The molecular weight excluding hydrogens is 200 g/mol. The lowest BCUT2D eigenvalue weighted by molar-refractivity contribution is 0.0376. The van der Waals surface area contributed by atoms with E-state index in [9.17, 15) is 15.0 Å². The maximum atomic E-state index is 11.4. The molecule has 0 aliphatic rings. The monoisotopic (exact) mass is 208 g/mol. The molecule has 6 heteroatoms. The predicted octanol–water partition coefficient (Wildman–Crippen LogP) is 0.496. The highest BCUT2D eigenvalue weighted by Crippen LogP contribution is 2.18. The van der Waals surface area contributed by atoms with Crippen LogP contribution in [-0.2, 0) is 0 Å². The van der Waals surface area contributed by atoms with E-state index < -0.39 is 5.97 Å². The minimum atomic E-state index is -0.707. The number of hydrogen-bond donors (Lipinski definition) is 3. The van der Waals surface area contributed by atoms with Crippen LogP contribution in [0.2, 0.25) is 0 Å². The highest BCUT2D eigenvalue weighted by molar-refractivity contribution is 5.87. The fourth-order valence-corrected chi connectivity index (χ4v) is 1.08. The standard InChI is InChI=1S/C9H8N2O4/c12-7-3-4-8(13)11(7)15-9(14)6-2-1-5-10-6/h1-5,10,12-13H. The van der Waals surface area contributed by atoms with Crippen molar-refractivity contribution in [2.24, 2.45) is 0 Å². The predicted molar refractivity (Wildman–Crippen MR) is 49.5 cm³/mol. The summed E-state index contributed by atoms with van der Waals surface area (Å²) in [6.45, 7) is 0. The summed E-state index contributed by atoms with van der Waals surface area (Å²) in [7, 11) is 0. The van der Waals surface area contributed by atoms with Gasteiger partial charge in [-0.25, -0.2) is 4.79 Å². The topological polar surface area (TPSA) is 87.5 Å². The van der Waals surface area contributed by atoms with Gasteiger partial charge in [0.2, 0.25) is 11.8 Å². The van der Waals surface area contributed by atoms with Crippen LogP contribution >= 0.6 is 0 Å². The molecule has 2 aromatic heterocycles. The molecule has 0 aliphatic heterocycles. The second-order valence-corrected chi connectivity index (χ2v) is 2.81. The van der Waals surface area contributed by atoms with Crippen molar-refractivity contribution in [3.05, 3.63) is 36.2 Å². The zero-order chi connectivity index (χ0) is 10.8. The van der Waals surface area contributed by atoms with E-state index in [1.165, 1.54) is 18.2 Å². The van der Waals surface area contributed by atoms with Gasteiger partial charge < -0.3 is 20.0 Å². The normalized spacial score (nSPS) is 10.1. The molecule has 78 valence electrons. The Balaban J connectivity index is 2.20. The number of carbonyl (C=O) groups is 1. The van der Waals surface area contributed by atoms with E-state index in [-0.39, 0.29) is 17.5 Å². The lowest BCUT2D eigenvalue weighted by atomic mass is 10.4. The zero-order valence-electron chi connectivity index (χ0n) is 7.54. The molecule has 0 saturated heterocycles. The van der Waals surface area contributed by atoms with Gasteiger partial charge in [0.05, 0.1) is 0 Å². The number of rotatable bonds is 2. The van der Waals surface area contributed by atoms with Gasteiger partial charge in [0.1, 0.15) is 5.69 Å². The van der Waals surface area contributed by atoms with Crippen LogP contribution in [0, 0.1) is 0 Å². The molecule has 0 fully saturated rings. The van der Waals surface area contributed by atoms with Crippen LogP contribution in [0.3, 0.4) is 0 Å². The van der Waals surface area contributed by atoms with Crippen molar-refractivity contribution in [1.82, 2.24) is 9.71 Å². The maximum Gasteiger partial charge on any atom is 0.379 e. The van der Waals surface area contributed by atoms with Crippen LogP contribution in [0.25, 0.3) is 0 Å². The molecule has 2 heterocycles. The van der Waals surface area contributed by atoms with Crippen LogP contribution in [0.1, 0.15) is 10.5 Å². The Kier molecular flexibility index (Phi) is 2.09. The van der Waals surface area contributed by atoms with Crippen LogP contribution in [0.15, 0.2) is 30.5 Å². The molecule has 2 rings (SSSR count). The number of H-pyrrole nitrogens is 1. The van der Waals surface area contributed by atoms with Crippen LogP contribution in [0.4, 0.5) is 0 Å². The van der Waals surface area contributed by atoms with Gasteiger partial charge in [-0.05, 0) is 12.1 Å². The third kappa shape index (κ3) is 1.64. The minimum absolute atomic E-state index is 0.225. The maximum absolute atomic E-state index is 11.4. The second-order valence-electron chi connectivity index (χ2n) is 2.81.